The van der Waals surface area contributed by atoms with Gasteiger partial charge in [0.15, 0.2) is 0 Å². The molecule has 32 heavy (non-hydrogen) atoms. The highest BCUT2D eigenvalue weighted by molar-refractivity contribution is 5.50. The Bertz CT molecular complexity index is 1020. The van der Waals surface area contributed by atoms with Crippen molar-refractivity contribution in [1.29, 1.82) is 0 Å². The van der Waals surface area contributed by atoms with Crippen molar-refractivity contribution in [1.82, 2.24) is 15.2 Å². The molecule has 1 aliphatic rings. The number of hydrogen-bond donors (Lipinski definition) is 1. The van der Waals surface area contributed by atoms with Gasteiger partial charge in [0.25, 0.3) is 0 Å². The topological polar surface area (TPSA) is 99.5 Å². The Balaban J connectivity index is 1.28. The van der Waals surface area contributed by atoms with Gasteiger partial charge in [0.05, 0.1) is 6.61 Å². The predicted molar refractivity (Wildman–Crippen MR) is 109 cm³/mol. The maximum absolute atomic E-state index is 12.4. The lowest BCUT2D eigenvalue weighted by molar-refractivity contribution is -0.274. The molecule has 11 heteroatoms. The summed E-state index contributed by atoms with van der Waals surface area (Å²) in [5.41, 5.74) is 6.48. The second-order valence-corrected chi connectivity index (χ2v) is 7.38. The standard InChI is InChI=1S/C21H22F3N5O3/c22-21(23,24)32-16-4-5-17(25)15(11-16)12-30-13-19-27-28-20(31-19)14-6-9-29(10-7-14)18-3-1-2-8-26-18/h1-5,8,11,14H,6-7,9-10,12-13,25H2. The summed E-state index contributed by atoms with van der Waals surface area (Å²) in [5.74, 6) is 1.61. The number of pyridine rings is 1. The summed E-state index contributed by atoms with van der Waals surface area (Å²) >= 11 is 0. The number of aromatic nitrogens is 3. The molecule has 0 spiro atoms. The molecule has 2 aromatic heterocycles. The van der Waals surface area contributed by atoms with E-state index in [1.54, 1.807) is 6.20 Å². The van der Waals surface area contributed by atoms with Crippen LogP contribution in [-0.2, 0) is 18.0 Å². The molecule has 0 aliphatic carbocycles. The molecule has 1 saturated heterocycles. The summed E-state index contributed by atoms with van der Waals surface area (Å²) in [6.45, 7) is 1.67. The van der Waals surface area contributed by atoms with Crippen molar-refractivity contribution in [2.75, 3.05) is 23.7 Å². The van der Waals surface area contributed by atoms with E-state index in [-0.39, 0.29) is 24.9 Å². The van der Waals surface area contributed by atoms with Crippen molar-refractivity contribution in [3.8, 4) is 5.75 Å². The number of alkyl halides is 3. The molecule has 0 bridgehead atoms. The Hall–Kier alpha value is -3.34. The Morgan fingerprint density at radius 3 is 2.62 bits per heavy atom. The molecule has 1 aromatic carbocycles. The van der Waals surface area contributed by atoms with E-state index in [0.717, 1.165) is 37.8 Å². The van der Waals surface area contributed by atoms with Crippen molar-refractivity contribution in [3.63, 3.8) is 0 Å². The number of hydrogen-bond acceptors (Lipinski definition) is 8. The van der Waals surface area contributed by atoms with E-state index >= 15 is 0 Å². The second-order valence-electron chi connectivity index (χ2n) is 7.38. The van der Waals surface area contributed by atoms with E-state index < -0.39 is 6.36 Å². The van der Waals surface area contributed by atoms with Crippen LogP contribution in [0.5, 0.6) is 5.75 Å². The van der Waals surface area contributed by atoms with Gasteiger partial charge in [-0.05, 0) is 43.2 Å². The number of rotatable bonds is 7. The second kappa shape index (κ2) is 9.43. The zero-order valence-electron chi connectivity index (χ0n) is 17.1. The largest absolute Gasteiger partial charge is 0.573 e. The van der Waals surface area contributed by atoms with Gasteiger partial charge in [0.1, 0.15) is 18.2 Å². The third-order valence-corrected chi connectivity index (χ3v) is 5.13. The first-order valence-electron chi connectivity index (χ1n) is 10.1. The number of ether oxygens (including phenoxy) is 2. The number of halogens is 3. The van der Waals surface area contributed by atoms with Crippen molar-refractivity contribution in [2.45, 2.75) is 38.3 Å². The molecule has 2 N–H and O–H groups in total. The third-order valence-electron chi connectivity index (χ3n) is 5.13. The molecule has 0 radical (unpaired) electrons. The first kappa shape index (κ1) is 21.9. The average molecular weight is 449 g/mol. The summed E-state index contributed by atoms with van der Waals surface area (Å²) < 4.78 is 52.3. The summed E-state index contributed by atoms with van der Waals surface area (Å²) in [4.78, 5) is 6.60. The van der Waals surface area contributed by atoms with Crippen molar-refractivity contribution in [3.05, 3.63) is 59.9 Å². The van der Waals surface area contributed by atoms with E-state index in [1.807, 2.05) is 18.2 Å². The van der Waals surface area contributed by atoms with Gasteiger partial charge in [-0.1, -0.05) is 6.07 Å². The van der Waals surface area contributed by atoms with E-state index in [4.69, 9.17) is 14.9 Å². The summed E-state index contributed by atoms with van der Waals surface area (Å²) in [6, 6.07) is 9.51. The number of anilines is 2. The zero-order chi connectivity index (χ0) is 22.6. The molecule has 3 aromatic rings. The highest BCUT2D eigenvalue weighted by Crippen LogP contribution is 2.29. The van der Waals surface area contributed by atoms with Gasteiger partial charge in [-0.25, -0.2) is 4.98 Å². The number of benzene rings is 1. The maximum atomic E-state index is 12.4. The van der Waals surface area contributed by atoms with Crippen molar-refractivity contribution in [2.24, 2.45) is 0 Å². The third kappa shape index (κ3) is 5.67. The monoisotopic (exact) mass is 449 g/mol. The summed E-state index contributed by atoms with van der Waals surface area (Å²) in [5, 5.41) is 8.15. The average Bonchev–Trinajstić information content (AvgIpc) is 3.25. The predicted octanol–water partition coefficient (Wildman–Crippen LogP) is 4.05. The number of nitrogens with zero attached hydrogens (tertiary/aromatic N) is 4. The van der Waals surface area contributed by atoms with Gasteiger partial charge >= 0.3 is 6.36 Å². The molecule has 4 rings (SSSR count). The Labute approximate surface area is 182 Å². The fourth-order valence-corrected chi connectivity index (χ4v) is 3.54. The Kier molecular flexibility index (Phi) is 6.45. The van der Waals surface area contributed by atoms with E-state index in [9.17, 15) is 13.2 Å². The molecule has 0 atom stereocenters. The SMILES string of the molecule is Nc1ccc(OC(F)(F)F)cc1COCc1nnc(C2CCN(c3ccccn3)CC2)o1. The number of piperidine rings is 1. The van der Waals surface area contributed by atoms with E-state index in [2.05, 4.69) is 24.8 Å². The first-order valence-corrected chi connectivity index (χ1v) is 10.1. The van der Waals surface area contributed by atoms with Crippen LogP contribution in [0.15, 0.2) is 47.0 Å². The highest BCUT2D eigenvalue weighted by Gasteiger charge is 2.31. The molecular weight excluding hydrogens is 427 g/mol. The maximum Gasteiger partial charge on any atom is 0.573 e. The molecule has 1 fully saturated rings. The van der Waals surface area contributed by atoms with Crippen LogP contribution in [0, 0.1) is 0 Å². The van der Waals surface area contributed by atoms with Crippen LogP contribution < -0.4 is 15.4 Å². The van der Waals surface area contributed by atoms with Crippen LogP contribution in [0.2, 0.25) is 0 Å². The minimum atomic E-state index is -4.78. The van der Waals surface area contributed by atoms with E-state index in [0.29, 0.717) is 23.0 Å². The van der Waals surface area contributed by atoms with Crippen molar-refractivity contribution < 1.29 is 27.1 Å². The Morgan fingerprint density at radius 2 is 1.91 bits per heavy atom. The highest BCUT2D eigenvalue weighted by atomic mass is 19.4. The van der Waals surface area contributed by atoms with Gasteiger partial charge in [-0.3, -0.25) is 0 Å². The number of nitrogen functional groups attached to an aromatic ring is 1. The fourth-order valence-electron chi connectivity index (χ4n) is 3.54. The van der Waals surface area contributed by atoms with Crippen LogP contribution in [0.4, 0.5) is 24.7 Å². The van der Waals surface area contributed by atoms with Gasteiger partial charge in [-0.2, -0.15) is 0 Å². The van der Waals surface area contributed by atoms with Gasteiger partial charge < -0.3 is 24.5 Å². The summed E-state index contributed by atoms with van der Waals surface area (Å²) in [6.07, 6.45) is -1.27. The molecule has 3 heterocycles. The quantitative estimate of drug-likeness (QED) is 0.540. The molecule has 8 nitrogen and oxygen atoms in total. The minimum absolute atomic E-state index is 0.0174. The van der Waals surface area contributed by atoms with Crippen LogP contribution in [-0.4, -0.2) is 34.6 Å². The van der Waals surface area contributed by atoms with Crippen LogP contribution in [0.3, 0.4) is 0 Å². The lowest BCUT2D eigenvalue weighted by atomic mass is 9.97. The smallest absolute Gasteiger partial charge is 0.422 e. The van der Waals surface area contributed by atoms with Gasteiger partial charge in [0.2, 0.25) is 11.8 Å². The molecule has 0 saturated carbocycles. The van der Waals surface area contributed by atoms with Crippen molar-refractivity contribution >= 4 is 11.5 Å². The first-order chi connectivity index (χ1) is 15.4. The zero-order valence-corrected chi connectivity index (χ0v) is 17.1. The van der Waals surface area contributed by atoms with Crippen LogP contribution in [0.1, 0.15) is 36.1 Å². The van der Waals surface area contributed by atoms with E-state index in [1.165, 1.54) is 12.1 Å². The van der Waals surface area contributed by atoms with Gasteiger partial charge in [-0.15, -0.1) is 23.4 Å². The normalized spacial score (nSPS) is 15.2. The fraction of sp³-hybridized carbons (Fsp3) is 0.381. The molecule has 1 aliphatic heterocycles. The lowest BCUT2D eigenvalue weighted by Gasteiger charge is -2.31. The Morgan fingerprint density at radius 1 is 1.09 bits per heavy atom. The molecule has 0 unspecified atom stereocenters. The van der Waals surface area contributed by atoms with Crippen LogP contribution >= 0.6 is 0 Å². The minimum Gasteiger partial charge on any atom is -0.422 e. The number of nitrogens with two attached hydrogens (primary N) is 1. The molecule has 170 valence electrons. The van der Waals surface area contributed by atoms with Crippen LogP contribution in [0.25, 0.3) is 0 Å². The molecular formula is C21H22F3N5O3. The van der Waals surface area contributed by atoms with Gasteiger partial charge in [0, 0.05) is 36.5 Å². The molecule has 0 amide bonds. The summed E-state index contributed by atoms with van der Waals surface area (Å²) in [7, 11) is 0. The lowest BCUT2D eigenvalue weighted by Crippen LogP contribution is -2.33.